The first kappa shape index (κ1) is 19.4. The van der Waals surface area contributed by atoms with Gasteiger partial charge < -0.3 is 15.0 Å². The molecule has 1 heterocycles. The number of terminal acetylenes is 1. The average Bonchev–Trinajstić information content (AvgIpc) is 2.48. The van der Waals surface area contributed by atoms with E-state index in [0.29, 0.717) is 12.0 Å². The van der Waals surface area contributed by atoms with E-state index in [-0.39, 0.29) is 0 Å². The molecule has 0 amide bonds. The number of rotatable bonds is 8. The van der Waals surface area contributed by atoms with Crippen molar-refractivity contribution in [2.75, 3.05) is 39.3 Å². The maximum absolute atomic E-state index is 5.89. The lowest BCUT2D eigenvalue weighted by Crippen LogP contribution is -2.38. The molecule has 1 aliphatic heterocycles. The molecule has 1 rings (SSSR count). The molecule has 20 heavy (non-hydrogen) atoms. The first-order valence-corrected chi connectivity index (χ1v) is 8.20. The predicted molar refractivity (Wildman–Crippen MR) is 87.9 cm³/mol. The topological polar surface area (TPSA) is 24.5 Å². The van der Waals surface area contributed by atoms with E-state index in [1.807, 2.05) is 13.8 Å². The van der Waals surface area contributed by atoms with E-state index in [1.165, 1.54) is 0 Å². The van der Waals surface area contributed by atoms with Crippen LogP contribution in [-0.2, 0) is 4.74 Å². The Bertz CT molecular complexity index is 240. The van der Waals surface area contributed by atoms with E-state index in [4.69, 9.17) is 11.2 Å². The molecule has 118 valence electrons. The second kappa shape index (κ2) is 13.4. The number of likely N-dealkylation sites (tertiary alicyclic amines) is 1. The van der Waals surface area contributed by atoms with Crippen LogP contribution in [0.2, 0.25) is 0 Å². The molecular formula is C17H34N2O. The predicted octanol–water partition coefficient (Wildman–Crippen LogP) is 2.76. The Balaban J connectivity index is 0.00000172. The van der Waals surface area contributed by atoms with E-state index in [2.05, 4.69) is 30.0 Å². The molecule has 0 aliphatic carbocycles. The van der Waals surface area contributed by atoms with E-state index in [1.54, 1.807) is 0 Å². The molecule has 0 aromatic rings. The Morgan fingerprint density at radius 3 is 2.50 bits per heavy atom. The number of hydrogen-bond donors (Lipinski definition) is 1. The summed E-state index contributed by atoms with van der Waals surface area (Å²) in [7, 11) is 0. The zero-order valence-corrected chi connectivity index (χ0v) is 14.0. The number of ether oxygens (including phenoxy) is 1. The minimum atomic E-state index is 0.452. The second-order valence-electron chi connectivity index (χ2n) is 5.46. The molecule has 0 radical (unpaired) electrons. The van der Waals surface area contributed by atoms with Crippen LogP contribution >= 0.6 is 0 Å². The van der Waals surface area contributed by atoms with Crippen molar-refractivity contribution in [3.8, 4) is 12.3 Å². The van der Waals surface area contributed by atoms with Gasteiger partial charge in [-0.3, -0.25) is 0 Å². The van der Waals surface area contributed by atoms with Gasteiger partial charge >= 0.3 is 0 Å². The first-order chi connectivity index (χ1) is 9.72. The fraction of sp³-hybridized carbons (Fsp3) is 0.882. The van der Waals surface area contributed by atoms with Crippen molar-refractivity contribution >= 4 is 0 Å². The van der Waals surface area contributed by atoms with Crippen molar-refractivity contribution < 1.29 is 4.74 Å². The van der Waals surface area contributed by atoms with Crippen LogP contribution in [0.25, 0.3) is 0 Å². The Morgan fingerprint density at radius 2 is 1.95 bits per heavy atom. The number of nitrogens with zero attached hydrogens (tertiary/aromatic N) is 1. The summed E-state index contributed by atoms with van der Waals surface area (Å²) in [6, 6.07) is 0. The van der Waals surface area contributed by atoms with Gasteiger partial charge in [0.05, 0.1) is 12.7 Å². The molecule has 0 spiro atoms. The minimum Gasteiger partial charge on any atom is -0.377 e. The van der Waals surface area contributed by atoms with Crippen LogP contribution in [0.3, 0.4) is 0 Å². The molecular weight excluding hydrogens is 248 g/mol. The molecule has 0 unspecified atom stereocenters. The monoisotopic (exact) mass is 282 g/mol. The fourth-order valence-electron chi connectivity index (χ4n) is 2.21. The SMILES string of the molecule is C#CCCN1CCC(OCCNCC(C)C)CC1.CC. The van der Waals surface area contributed by atoms with Crippen molar-refractivity contribution in [3.05, 3.63) is 0 Å². The summed E-state index contributed by atoms with van der Waals surface area (Å²) in [5.74, 6) is 3.41. The third-order valence-electron chi connectivity index (χ3n) is 3.29. The molecule has 0 aromatic heterocycles. The lowest BCUT2D eigenvalue weighted by Gasteiger charge is -2.31. The van der Waals surface area contributed by atoms with Crippen LogP contribution in [0.4, 0.5) is 0 Å². The van der Waals surface area contributed by atoms with Crippen LogP contribution < -0.4 is 5.32 Å². The van der Waals surface area contributed by atoms with Crippen molar-refractivity contribution in [2.45, 2.75) is 53.1 Å². The highest BCUT2D eigenvalue weighted by Crippen LogP contribution is 2.13. The van der Waals surface area contributed by atoms with Gasteiger partial charge in [-0.25, -0.2) is 0 Å². The number of piperidine rings is 1. The zero-order valence-electron chi connectivity index (χ0n) is 14.0. The van der Waals surface area contributed by atoms with Crippen molar-refractivity contribution in [3.63, 3.8) is 0 Å². The summed E-state index contributed by atoms with van der Waals surface area (Å²) >= 11 is 0. The molecule has 1 fully saturated rings. The smallest absolute Gasteiger partial charge is 0.0600 e. The summed E-state index contributed by atoms with van der Waals surface area (Å²) in [6.45, 7) is 14.6. The van der Waals surface area contributed by atoms with Gasteiger partial charge in [0.2, 0.25) is 0 Å². The molecule has 0 saturated carbocycles. The Hall–Kier alpha value is -0.560. The van der Waals surface area contributed by atoms with Gasteiger partial charge in [0.15, 0.2) is 0 Å². The highest BCUT2D eigenvalue weighted by Gasteiger charge is 2.18. The number of hydrogen-bond acceptors (Lipinski definition) is 3. The van der Waals surface area contributed by atoms with E-state index < -0.39 is 0 Å². The van der Waals surface area contributed by atoms with Crippen molar-refractivity contribution in [2.24, 2.45) is 5.92 Å². The minimum absolute atomic E-state index is 0.452. The largest absolute Gasteiger partial charge is 0.377 e. The lowest BCUT2D eigenvalue weighted by atomic mass is 10.1. The van der Waals surface area contributed by atoms with E-state index in [0.717, 1.165) is 58.6 Å². The van der Waals surface area contributed by atoms with Gasteiger partial charge in [0.25, 0.3) is 0 Å². The molecule has 3 heteroatoms. The normalized spacial score (nSPS) is 16.6. The fourth-order valence-corrected chi connectivity index (χ4v) is 2.21. The highest BCUT2D eigenvalue weighted by atomic mass is 16.5. The maximum atomic E-state index is 5.89. The Kier molecular flexibility index (Phi) is 13.0. The Morgan fingerprint density at radius 1 is 1.30 bits per heavy atom. The van der Waals surface area contributed by atoms with Gasteiger partial charge in [0, 0.05) is 32.6 Å². The van der Waals surface area contributed by atoms with Crippen LogP contribution in [-0.4, -0.2) is 50.3 Å². The summed E-state index contributed by atoms with van der Waals surface area (Å²) in [5, 5.41) is 3.40. The lowest BCUT2D eigenvalue weighted by molar-refractivity contribution is 0.00954. The summed E-state index contributed by atoms with van der Waals surface area (Å²) in [4.78, 5) is 2.44. The van der Waals surface area contributed by atoms with Gasteiger partial charge in [-0.1, -0.05) is 27.7 Å². The zero-order chi connectivity index (χ0) is 15.2. The van der Waals surface area contributed by atoms with Crippen LogP contribution in [0.15, 0.2) is 0 Å². The van der Waals surface area contributed by atoms with Gasteiger partial charge in [-0.05, 0) is 25.3 Å². The standard InChI is InChI=1S/C15H28N2O.C2H6/c1-4-5-9-17-10-6-15(7-11-17)18-12-8-16-13-14(2)3;1-2/h1,14-16H,5-13H2,2-3H3;1-2H3. The summed E-state index contributed by atoms with van der Waals surface area (Å²) in [5.41, 5.74) is 0. The molecule has 0 bridgehead atoms. The third-order valence-corrected chi connectivity index (χ3v) is 3.29. The number of nitrogens with one attached hydrogen (secondary N) is 1. The van der Waals surface area contributed by atoms with Gasteiger partial charge in [0.1, 0.15) is 0 Å². The van der Waals surface area contributed by atoms with Crippen LogP contribution in [0.1, 0.15) is 47.0 Å². The average molecular weight is 282 g/mol. The second-order valence-corrected chi connectivity index (χ2v) is 5.46. The molecule has 1 aliphatic rings. The Labute approximate surface area is 126 Å². The van der Waals surface area contributed by atoms with E-state index in [9.17, 15) is 0 Å². The first-order valence-electron chi connectivity index (χ1n) is 8.20. The van der Waals surface area contributed by atoms with Crippen LogP contribution in [0, 0.1) is 18.3 Å². The molecule has 0 aromatic carbocycles. The van der Waals surface area contributed by atoms with Crippen molar-refractivity contribution in [1.29, 1.82) is 0 Å². The molecule has 0 atom stereocenters. The highest BCUT2D eigenvalue weighted by molar-refractivity contribution is 4.85. The molecule has 3 nitrogen and oxygen atoms in total. The molecule has 1 N–H and O–H groups in total. The maximum Gasteiger partial charge on any atom is 0.0600 e. The van der Waals surface area contributed by atoms with Gasteiger partial charge in [-0.2, -0.15) is 0 Å². The van der Waals surface area contributed by atoms with Crippen LogP contribution in [0.5, 0.6) is 0 Å². The quantitative estimate of drug-likeness (QED) is 0.547. The summed E-state index contributed by atoms with van der Waals surface area (Å²) in [6.07, 6.45) is 8.89. The van der Waals surface area contributed by atoms with Crippen molar-refractivity contribution in [1.82, 2.24) is 10.2 Å². The van der Waals surface area contributed by atoms with E-state index >= 15 is 0 Å². The third kappa shape index (κ3) is 10.3. The van der Waals surface area contributed by atoms with Gasteiger partial charge in [-0.15, -0.1) is 12.3 Å². The molecule has 1 saturated heterocycles. The summed E-state index contributed by atoms with van der Waals surface area (Å²) < 4.78 is 5.89.